The van der Waals surface area contributed by atoms with E-state index in [1.807, 2.05) is 6.92 Å². The van der Waals surface area contributed by atoms with Crippen LogP contribution in [0.1, 0.15) is 169 Å². The molecular formula is C45H68O13. The minimum atomic E-state index is -1.43. The third-order valence-electron chi connectivity index (χ3n) is 15.7. The maximum Gasteiger partial charge on any atom is 0.314 e. The van der Waals surface area contributed by atoms with Crippen LogP contribution in [0.2, 0.25) is 0 Å². The molecule has 3 N–H and O–H groups in total. The Morgan fingerprint density at radius 1 is 0.586 bits per heavy atom. The molecule has 0 amide bonds. The third kappa shape index (κ3) is 7.97. The average molecular weight is 817 g/mol. The SMILES string of the molecule is CCC(C)(CC(C)(CC(C)(C)C(=O)OC1CCCCO1)C(=O)OC12CC3CC(O)(CC(O)(C3)C1)C2)C(=O)OC12CC3CC(O)(C1)CC(C(=O)OC1CCCCO1)(C3)C2. The van der Waals surface area contributed by atoms with E-state index in [1.54, 1.807) is 27.7 Å². The number of carbonyl (C=O) groups excluding carboxylic acids is 4. The van der Waals surface area contributed by atoms with Crippen molar-refractivity contribution in [3.05, 3.63) is 0 Å². The summed E-state index contributed by atoms with van der Waals surface area (Å²) < 4.78 is 36.4. The minimum Gasteiger partial charge on any atom is -0.458 e. The molecule has 2 aliphatic heterocycles. The Morgan fingerprint density at radius 2 is 1.09 bits per heavy atom. The second-order valence-corrected chi connectivity index (χ2v) is 22.2. The Bertz CT molecular complexity index is 1630. The molecule has 8 saturated carbocycles. The normalized spacial score (nSPS) is 43.5. The summed E-state index contributed by atoms with van der Waals surface area (Å²) in [6, 6.07) is 0. The van der Waals surface area contributed by atoms with Crippen LogP contribution in [0.4, 0.5) is 0 Å². The molecular weight excluding hydrogens is 748 g/mol. The van der Waals surface area contributed by atoms with Crippen molar-refractivity contribution in [1.82, 2.24) is 0 Å². The monoisotopic (exact) mass is 816 g/mol. The number of hydrogen-bond acceptors (Lipinski definition) is 13. The van der Waals surface area contributed by atoms with Crippen molar-refractivity contribution in [2.75, 3.05) is 13.2 Å². The molecule has 0 radical (unpaired) electrons. The summed E-state index contributed by atoms with van der Waals surface area (Å²) in [4.78, 5) is 57.7. The molecule has 2 saturated heterocycles. The molecule has 326 valence electrons. The molecule has 10 fully saturated rings. The summed E-state index contributed by atoms with van der Waals surface area (Å²) in [5.41, 5.74) is -10.5. The number of aliphatic hydroxyl groups is 3. The van der Waals surface area contributed by atoms with E-state index in [2.05, 4.69) is 0 Å². The first-order chi connectivity index (χ1) is 27.0. The highest BCUT2D eigenvalue weighted by Crippen LogP contribution is 2.66. The zero-order valence-corrected chi connectivity index (χ0v) is 35.5. The van der Waals surface area contributed by atoms with Crippen LogP contribution in [0, 0.1) is 33.5 Å². The lowest BCUT2D eigenvalue weighted by Gasteiger charge is -2.63. The predicted octanol–water partition coefficient (Wildman–Crippen LogP) is 6.09. The molecule has 0 aromatic rings. The topological polar surface area (TPSA) is 184 Å². The second-order valence-electron chi connectivity index (χ2n) is 22.2. The molecule has 0 aromatic carbocycles. The van der Waals surface area contributed by atoms with E-state index in [9.17, 15) is 34.5 Å². The predicted molar refractivity (Wildman–Crippen MR) is 206 cm³/mol. The Hall–Kier alpha value is -2.32. The molecule has 0 spiro atoms. The van der Waals surface area contributed by atoms with Crippen molar-refractivity contribution in [2.45, 2.75) is 210 Å². The van der Waals surface area contributed by atoms with Gasteiger partial charge in [-0.3, -0.25) is 19.2 Å². The summed E-state index contributed by atoms with van der Waals surface area (Å²) >= 11 is 0. The highest BCUT2D eigenvalue weighted by atomic mass is 16.7. The van der Waals surface area contributed by atoms with Crippen LogP contribution < -0.4 is 0 Å². The molecule has 13 nitrogen and oxygen atoms in total. The molecule has 8 bridgehead atoms. The average Bonchev–Trinajstić information content (AvgIpc) is 3.09. The van der Waals surface area contributed by atoms with Gasteiger partial charge in [-0.25, -0.2) is 0 Å². The minimum absolute atomic E-state index is 0.00830. The first kappa shape index (κ1) is 42.4. The Morgan fingerprint density at radius 3 is 1.59 bits per heavy atom. The zero-order chi connectivity index (χ0) is 41.6. The molecule has 10 atom stereocenters. The quantitative estimate of drug-likeness (QED) is 0.143. The molecule has 58 heavy (non-hydrogen) atoms. The van der Waals surface area contributed by atoms with E-state index in [-0.39, 0.29) is 69.6 Å². The summed E-state index contributed by atoms with van der Waals surface area (Å²) in [5, 5.41) is 35.0. The van der Waals surface area contributed by atoms with Gasteiger partial charge >= 0.3 is 23.9 Å². The van der Waals surface area contributed by atoms with E-state index in [0.717, 1.165) is 25.7 Å². The lowest BCUT2D eigenvalue weighted by molar-refractivity contribution is -0.265. The van der Waals surface area contributed by atoms with Crippen LogP contribution in [0.3, 0.4) is 0 Å². The maximum absolute atomic E-state index is 15.0. The molecule has 10 unspecified atom stereocenters. The highest BCUT2D eigenvalue weighted by molar-refractivity contribution is 5.83. The van der Waals surface area contributed by atoms with Gasteiger partial charge < -0.3 is 43.7 Å². The maximum atomic E-state index is 15.0. The number of esters is 4. The molecule has 8 aliphatic carbocycles. The molecule has 2 heterocycles. The Labute approximate surface area is 342 Å². The van der Waals surface area contributed by atoms with E-state index >= 15 is 0 Å². The van der Waals surface area contributed by atoms with Gasteiger partial charge in [0.2, 0.25) is 12.6 Å². The van der Waals surface area contributed by atoms with Crippen molar-refractivity contribution in [3.63, 3.8) is 0 Å². The van der Waals surface area contributed by atoms with Gasteiger partial charge in [-0.1, -0.05) is 6.92 Å². The fourth-order valence-electron chi connectivity index (χ4n) is 14.2. The van der Waals surface area contributed by atoms with Gasteiger partial charge in [0.1, 0.15) is 11.2 Å². The van der Waals surface area contributed by atoms with Gasteiger partial charge in [0.25, 0.3) is 0 Å². The first-order valence-electron chi connectivity index (χ1n) is 22.3. The molecule has 13 heteroatoms. The van der Waals surface area contributed by atoms with Gasteiger partial charge in [-0.15, -0.1) is 0 Å². The van der Waals surface area contributed by atoms with Crippen LogP contribution in [0.25, 0.3) is 0 Å². The molecule has 10 aliphatic rings. The van der Waals surface area contributed by atoms with Gasteiger partial charge in [0.15, 0.2) is 0 Å². The van der Waals surface area contributed by atoms with Gasteiger partial charge in [0, 0.05) is 44.9 Å². The smallest absolute Gasteiger partial charge is 0.314 e. The summed E-state index contributed by atoms with van der Waals surface area (Å²) in [7, 11) is 0. The second kappa shape index (κ2) is 14.4. The van der Waals surface area contributed by atoms with Crippen LogP contribution in [0.15, 0.2) is 0 Å². The Balaban J connectivity index is 1.05. The standard InChI is InChI=1S/C45H68O13/c1-6-38(4,34(47)57-44-19-29-15-40(24-44,23-41(50,16-29)26-44)36(49)56-32-12-8-10-14-54-32)22-39(5,21-37(2,3)33(46)55-31-11-7-9-13-53-31)35(48)58-45-20-30-17-42(51,27-45)25-43(52,18-30)28-45/h29-32,50-52H,6-28H2,1-5H3. The largest absolute Gasteiger partial charge is 0.458 e. The fraction of sp³-hybridized carbons (Fsp3) is 0.911. The van der Waals surface area contributed by atoms with Gasteiger partial charge in [-0.05, 0) is 129 Å². The van der Waals surface area contributed by atoms with Crippen LogP contribution in [-0.4, -0.2) is 93.0 Å². The highest BCUT2D eigenvalue weighted by Gasteiger charge is 2.69. The first-order valence-corrected chi connectivity index (χ1v) is 22.3. The van der Waals surface area contributed by atoms with Gasteiger partial charge in [-0.2, -0.15) is 0 Å². The number of carbonyl (C=O) groups is 4. The van der Waals surface area contributed by atoms with E-state index < -0.39 is 86.1 Å². The van der Waals surface area contributed by atoms with E-state index in [1.165, 1.54) is 0 Å². The van der Waals surface area contributed by atoms with Crippen molar-refractivity contribution in [3.8, 4) is 0 Å². The van der Waals surface area contributed by atoms with Crippen molar-refractivity contribution in [2.24, 2.45) is 33.5 Å². The summed E-state index contributed by atoms with van der Waals surface area (Å²) in [6.07, 6.45) is 8.38. The lowest BCUT2D eigenvalue weighted by atomic mass is 9.46. The zero-order valence-electron chi connectivity index (χ0n) is 35.5. The third-order valence-corrected chi connectivity index (χ3v) is 15.7. The van der Waals surface area contributed by atoms with E-state index in [4.69, 9.17) is 28.4 Å². The number of hydrogen-bond donors (Lipinski definition) is 3. The molecule has 0 aromatic heterocycles. The molecule has 10 rings (SSSR count). The van der Waals surface area contributed by atoms with Crippen LogP contribution in [-0.2, 0) is 47.6 Å². The Kier molecular flexibility index (Phi) is 10.5. The van der Waals surface area contributed by atoms with Crippen molar-refractivity contribution in [1.29, 1.82) is 0 Å². The fourth-order valence-corrected chi connectivity index (χ4v) is 14.2. The van der Waals surface area contributed by atoms with Crippen LogP contribution >= 0.6 is 0 Å². The van der Waals surface area contributed by atoms with E-state index in [0.29, 0.717) is 64.6 Å². The van der Waals surface area contributed by atoms with Gasteiger partial charge in [0.05, 0.1) is 51.7 Å². The van der Waals surface area contributed by atoms with Crippen LogP contribution in [0.5, 0.6) is 0 Å². The summed E-state index contributed by atoms with van der Waals surface area (Å²) in [6.45, 7) is 9.87. The number of rotatable bonds is 13. The summed E-state index contributed by atoms with van der Waals surface area (Å²) in [5.74, 6) is -2.08. The number of ether oxygens (including phenoxy) is 6. The van der Waals surface area contributed by atoms with Crippen molar-refractivity contribution >= 4 is 23.9 Å². The lowest BCUT2D eigenvalue weighted by Crippen LogP contribution is -2.67. The van der Waals surface area contributed by atoms with Crippen molar-refractivity contribution < 1.29 is 62.9 Å².